The summed E-state index contributed by atoms with van der Waals surface area (Å²) < 4.78 is 13.8. The highest BCUT2D eigenvalue weighted by Crippen LogP contribution is 2.27. The lowest BCUT2D eigenvalue weighted by atomic mass is 10.1. The minimum Gasteiger partial charge on any atom is -0.394 e. The maximum Gasteiger partial charge on any atom is 0.251 e. The van der Waals surface area contributed by atoms with Gasteiger partial charge in [-0.15, -0.1) is 4.48 Å². The molecule has 0 saturated carbocycles. The predicted octanol–water partition coefficient (Wildman–Crippen LogP) is 3.49. The number of nitrogens with one attached hydrogen (secondary N) is 1. The average Bonchev–Trinajstić information content (AvgIpc) is 2.66. The van der Waals surface area contributed by atoms with E-state index in [1.807, 2.05) is 0 Å². The molecular weight excluding hydrogens is 382 g/mol. The van der Waals surface area contributed by atoms with Crippen molar-refractivity contribution >= 4 is 29.2 Å². The highest BCUT2D eigenvalue weighted by Gasteiger charge is 2.16. The summed E-state index contributed by atoms with van der Waals surface area (Å²) in [5.41, 5.74) is 2.53. The zero-order valence-electron chi connectivity index (χ0n) is 13.2. The molecule has 0 saturated heterocycles. The number of rotatable bonds is 5. The average molecular weight is 395 g/mol. The van der Waals surface area contributed by atoms with Crippen LogP contribution in [0.4, 0.5) is 10.4 Å². The Kier molecular flexibility index (Phi) is 5.51. The number of hydrogen-bond acceptors (Lipinski definition) is 5. The van der Waals surface area contributed by atoms with Crippen molar-refractivity contribution in [2.75, 3.05) is 12.1 Å². The van der Waals surface area contributed by atoms with E-state index in [1.165, 1.54) is 28.6 Å². The van der Waals surface area contributed by atoms with Crippen LogP contribution in [-0.4, -0.2) is 26.2 Å². The van der Waals surface area contributed by atoms with Crippen LogP contribution < -0.4 is 11.1 Å². The maximum atomic E-state index is 12.6. The monoisotopic (exact) mass is 394 g/mol. The van der Waals surface area contributed by atoms with E-state index in [1.54, 1.807) is 30.3 Å². The van der Waals surface area contributed by atoms with Crippen molar-refractivity contribution in [1.82, 2.24) is 14.5 Å². The fourth-order valence-corrected chi connectivity index (χ4v) is 2.85. The first-order valence-electron chi connectivity index (χ1n) is 7.51. The molecule has 2 heterocycles. The summed E-state index contributed by atoms with van der Waals surface area (Å²) in [6.07, 6.45) is 2.91. The first-order valence-corrected chi connectivity index (χ1v) is 8.27. The van der Waals surface area contributed by atoms with E-state index in [0.717, 1.165) is 0 Å². The van der Waals surface area contributed by atoms with Crippen molar-refractivity contribution in [2.45, 2.75) is 6.04 Å². The number of halogens is 3. The first-order chi connectivity index (χ1) is 12.5. The second kappa shape index (κ2) is 7.82. The van der Waals surface area contributed by atoms with Crippen LogP contribution >= 0.6 is 23.2 Å². The van der Waals surface area contributed by atoms with Crippen molar-refractivity contribution in [3.63, 3.8) is 0 Å². The minimum absolute atomic E-state index is 0.198. The Hall–Kier alpha value is -2.48. The van der Waals surface area contributed by atoms with Crippen LogP contribution in [0.25, 0.3) is 11.3 Å². The van der Waals surface area contributed by atoms with Gasteiger partial charge in [-0.25, -0.2) is 9.97 Å². The molecule has 0 aliphatic carbocycles. The van der Waals surface area contributed by atoms with E-state index in [4.69, 9.17) is 23.2 Å². The number of aromatic nitrogens is 3. The smallest absolute Gasteiger partial charge is 0.251 e. The van der Waals surface area contributed by atoms with Crippen LogP contribution in [0.2, 0.25) is 10.0 Å². The van der Waals surface area contributed by atoms with Gasteiger partial charge in [-0.05, 0) is 29.8 Å². The number of benzene rings is 1. The molecule has 0 amide bonds. The maximum absolute atomic E-state index is 12.6. The summed E-state index contributed by atoms with van der Waals surface area (Å²) >= 11 is 11.9. The van der Waals surface area contributed by atoms with Gasteiger partial charge in [0.15, 0.2) is 0 Å². The summed E-state index contributed by atoms with van der Waals surface area (Å²) in [7, 11) is 0. The van der Waals surface area contributed by atoms with Crippen molar-refractivity contribution in [3.05, 3.63) is 74.8 Å². The van der Waals surface area contributed by atoms with Crippen molar-refractivity contribution in [2.24, 2.45) is 0 Å². The molecule has 2 aromatic heterocycles. The van der Waals surface area contributed by atoms with Gasteiger partial charge in [0.25, 0.3) is 11.5 Å². The highest BCUT2D eigenvalue weighted by atomic mass is 35.5. The molecular formula is C17H13Cl2FN4O2. The summed E-state index contributed by atoms with van der Waals surface area (Å²) in [6, 6.07) is 8.83. The third kappa shape index (κ3) is 3.70. The Morgan fingerprint density at radius 1 is 1.19 bits per heavy atom. The van der Waals surface area contributed by atoms with E-state index in [2.05, 4.69) is 9.97 Å². The molecule has 2 N–H and O–H groups in total. The molecule has 0 radical (unpaired) electrons. The zero-order chi connectivity index (χ0) is 18.7. The molecule has 0 bridgehead atoms. The fourth-order valence-electron chi connectivity index (χ4n) is 2.55. The van der Waals surface area contributed by atoms with Crippen LogP contribution in [-0.2, 0) is 0 Å². The summed E-state index contributed by atoms with van der Waals surface area (Å²) in [4.78, 5) is 20.2. The second-order valence-corrected chi connectivity index (χ2v) is 6.21. The van der Waals surface area contributed by atoms with Crippen LogP contribution in [0.5, 0.6) is 0 Å². The van der Waals surface area contributed by atoms with Gasteiger partial charge in [-0.2, -0.15) is 5.54 Å². The molecule has 0 fully saturated rings. The van der Waals surface area contributed by atoms with Crippen LogP contribution in [0.1, 0.15) is 11.6 Å². The summed E-state index contributed by atoms with van der Waals surface area (Å²) in [6.45, 7) is -0.305. The molecule has 1 aromatic carbocycles. The highest BCUT2D eigenvalue weighted by molar-refractivity contribution is 6.42. The number of aliphatic hydroxyl groups is 1. The molecule has 3 rings (SSSR count). The molecule has 0 aliphatic heterocycles. The first kappa shape index (κ1) is 18.3. The van der Waals surface area contributed by atoms with Gasteiger partial charge in [0.05, 0.1) is 28.4 Å². The minimum atomic E-state index is -0.625. The van der Waals surface area contributed by atoms with E-state index in [-0.39, 0.29) is 18.1 Å². The molecule has 0 spiro atoms. The standard InChI is InChI=1S/C17H13Cl2FN4O2/c18-12-2-1-11(7-13(12)19)15(9-25)24-6-4-10(8-16(24)26)14-3-5-21-17(22-14)23-20/h1-8,15,25H,9H2,(H,21,22,23). The number of pyridine rings is 1. The lowest BCUT2D eigenvalue weighted by Gasteiger charge is -2.19. The van der Waals surface area contributed by atoms with E-state index < -0.39 is 6.04 Å². The van der Waals surface area contributed by atoms with Crippen LogP contribution in [0, 0.1) is 0 Å². The van der Waals surface area contributed by atoms with E-state index in [0.29, 0.717) is 26.9 Å². The second-order valence-electron chi connectivity index (χ2n) is 5.39. The summed E-state index contributed by atoms with van der Waals surface area (Å²) in [5, 5.41) is 10.5. The van der Waals surface area contributed by atoms with Gasteiger partial charge >= 0.3 is 0 Å². The van der Waals surface area contributed by atoms with Gasteiger partial charge in [0.1, 0.15) is 0 Å². The Bertz CT molecular complexity index is 996. The van der Waals surface area contributed by atoms with E-state index >= 15 is 0 Å². The number of nitrogens with zero attached hydrogens (tertiary/aromatic N) is 3. The molecule has 9 heteroatoms. The van der Waals surface area contributed by atoms with Gasteiger partial charge in [-0.1, -0.05) is 29.3 Å². The predicted molar refractivity (Wildman–Crippen MR) is 98.1 cm³/mol. The largest absolute Gasteiger partial charge is 0.394 e. The lowest BCUT2D eigenvalue weighted by Crippen LogP contribution is -2.26. The summed E-state index contributed by atoms with van der Waals surface area (Å²) in [5.74, 6) is -0.198. The van der Waals surface area contributed by atoms with Crippen molar-refractivity contribution in [1.29, 1.82) is 0 Å². The molecule has 26 heavy (non-hydrogen) atoms. The third-order valence-corrected chi connectivity index (χ3v) is 4.56. The third-order valence-electron chi connectivity index (χ3n) is 3.82. The number of anilines is 1. The molecule has 6 nitrogen and oxygen atoms in total. The number of hydrogen-bond donors (Lipinski definition) is 2. The molecule has 3 aromatic rings. The van der Waals surface area contributed by atoms with Gasteiger partial charge in [0, 0.05) is 24.0 Å². The Morgan fingerprint density at radius 3 is 2.65 bits per heavy atom. The number of aliphatic hydroxyl groups excluding tert-OH is 1. The molecule has 1 unspecified atom stereocenters. The van der Waals surface area contributed by atoms with Crippen molar-refractivity contribution in [3.8, 4) is 11.3 Å². The quantitative estimate of drug-likeness (QED) is 0.647. The zero-order valence-corrected chi connectivity index (χ0v) is 14.7. The van der Waals surface area contributed by atoms with Gasteiger partial charge in [0.2, 0.25) is 0 Å². The van der Waals surface area contributed by atoms with E-state index in [9.17, 15) is 14.4 Å². The Morgan fingerprint density at radius 2 is 2.00 bits per heavy atom. The fraction of sp³-hybridized carbons (Fsp3) is 0.118. The van der Waals surface area contributed by atoms with Crippen LogP contribution in [0.15, 0.2) is 53.6 Å². The molecule has 134 valence electrons. The molecule has 1 atom stereocenters. The SMILES string of the molecule is O=c1cc(-c2ccnc(NF)n2)ccn1C(CO)c1ccc(Cl)c(Cl)c1. The van der Waals surface area contributed by atoms with Crippen molar-refractivity contribution < 1.29 is 9.59 Å². The van der Waals surface area contributed by atoms with Gasteiger partial charge in [-0.3, -0.25) is 4.79 Å². The normalized spacial score (nSPS) is 12.0. The van der Waals surface area contributed by atoms with Crippen LogP contribution in [0.3, 0.4) is 0 Å². The Labute approximate surface area is 157 Å². The lowest BCUT2D eigenvalue weighted by molar-refractivity contribution is 0.247. The van der Waals surface area contributed by atoms with Gasteiger partial charge < -0.3 is 9.67 Å². The Balaban J connectivity index is 2.00. The topological polar surface area (TPSA) is 80.0 Å². The molecule has 0 aliphatic rings.